The van der Waals surface area contributed by atoms with Crippen LogP contribution >= 0.6 is 12.4 Å². The van der Waals surface area contributed by atoms with Gasteiger partial charge in [0.05, 0.1) is 12.6 Å². The van der Waals surface area contributed by atoms with Gasteiger partial charge in [-0.25, -0.2) is 0 Å². The summed E-state index contributed by atoms with van der Waals surface area (Å²) in [6.07, 6.45) is 0.336. The van der Waals surface area contributed by atoms with E-state index < -0.39 is 0 Å². The highest BCUT2D eigenvalue weighted by molar-refractivity contribution is 5.85. The molecule has 3 atom stereocenters. The molecule has 1 fully saturated rings. The predicted octanol–water partition coefficient (Wildman–Crippen LogP) is 1.19. The molecular weight excluding hydrogens is 330 g/mol. The van der Waals surface area contributed by atoms with Crippen molar-refractivity contribution in [1.82, 2.24) is 10.2 Å². The molecule has 1 aromatic carbocycles. The van der Waals surface area contributed by atoms with Crippen LogP contribution in [0.3, 0.4) is 0 Å². The topological polar surface area (TPSA) is 84.7 Å². The van der Waals surface area contributed by atoms with Crippen LogP contribution in [0.5, 0.6) is 5.75 Å². The first-order valence-electron chi connectivity index (χ1n) is 7.99. The van der Waals surface area contributed by atoms with Crippen molar-refractivity contribution in [1.29, 1.82) is 0 Å². The number of nitrogens with one attached hydrogen (secondary N) is 1. The molecule has 1 saturated heterocycles. The van der Waals surface area contributed by atoms with Crippen molar-refractivity contribution in [2.24, 2.45) is 11.7 Å². The Hall–Kier alpha value is -1.79. The number of likely N-dealkylation sites (tertiary alicyclic amines) is 1. The number of carbonyl (C=O) groups is 2. The van der Waals surface area contributed by atoms with Gasteiger partial charge in [0.2, 0.25) is 11.8 Å². The number of nitrogens with zero attached hydrogens (tertiary/aromatic N) is 1. The number of rotatable bonds is 7. The summed E-state index contributed by atoms with van der Waals surface area (Å²) < 4.78 is 5.60. The highest BCUT2D eigenvalue weighted by Gasteiger charge is 2.31. The lowest BCUT2D eigenvalue weighted by molar-refractivity contribution is -0.128. The Kier molecular flexibility index (Phi) is 8.01. The molecule has 134 valence electrons. The van der Waals surface area contributed by atoms with E-state index in [0.717, 1.165) is 5.75 Å². The fraction of sp³-hybridized carbons (Fsp3) is 0.529. The SMILES string of the molecule is CC(N)C(C)C(=O)NC1CC(=O)N(CCOc2ccccc2)C1.Cl. The van der Waals surface area contributed by atoms with Crippen LogP contribution in [0, 0.1) is 5.92 Å². The van der Waals surface area contributed by atoms with E-state index in [2.05, 4.69) is 5.32 Å². The molecule has 0 bridgehead atoms. The van der Waals surface area contributed by atoms with Gasteiger partial charge in [-0.3, -0.25) is 9.59 Å². The van der Waals surface area contributed by atoms with E-state index in [-0.39, 0.29) is 42.2 Å². The van der Waals surface area contributed by atoms with Crippen LogP contribution < -0.4 is 15.8 Å². The number of hydrogen-bond donors (Lipinski definition) is 2. The monoisotopic (exact) mass is 355 g/mol. The van der Waals surface area contributed by atoms with Crippen molar-refractivity contribution in [3.63, 3.8) is 0 Å². The van der Waals surface area contributed by atoms with E-state index >= 15 is 0 Å². The van der Waals surface area contributed by atoms with Crippen molar-refractivity contribution in [3.8, 4) is 5.75 Å². The fourth-order valence-electron chi connectivity index (χ4n) is 2.45. The van der Waals surface area contributed by atoms with Crippen LogP contribution in [0.25, 0.3) is 0 Å². The van der Waals surface area contributed by atoms with Crippen LogP contribution in [0.4, 0.5) is 0 Å². The van der Waals surface area contributed by atoms with E-state index in [9.17, 15) is 9.59 Å². The Labute approximate surface area is 149 Å². The standard InChI is InChI=1S/C17H25N3O3.ClH/c1-12(13(2)18)17(22)19-14-10-16(21)20(11-14)8-9-23-15-6-4-3-5-7-15;/h3-7,12-14H,8-11,18H2,1-2H3,(H,19,22);1H. The molecule has 0 saturated carbocycles. The van der Waals surface area contributed by atoms with Crippen LogP contribution in [0.1, 0.15) is 20.3 Å². The summed E-state index contributed by atoms with van der Waals surface area (Å²) >= 11 is 0. The first kappa shape index (κ1) is 20.3. The average molecular weight is 356 g/mol. The molecule has 0 radical (unpaired) electrons. The third-order valence-electron chi connectivity index (χ3n) is 4.14. The summed E-state index contributed by atoms with van der Waals surface area (Å²) in [4.78, 5) is 25.7. The molecule has 0 aromatic heterocycles. The van der Waals surface area contributed by atoms with Gasteiger partial charge in [-0.15, -0.1) is 12.4 Å². The number of amides is 2. The minimum atomic E-state index is -0.263. The van der Waals surface area contributed by atoms with Gasteiger partial charge < -0.3 is 20.7 Å². The minimum absolute atomic E-state index is 0. The molecule has 2 rings (SSSR count). The lowest BCUT2D eigenvalue weighted by Crippen LogP contribution is -2.44. The number of nitrogens with two attached hydrogens (primary N) is 1. The normalized spacial score (nSPS) is 19.4. The Morgan fingerprint density at radius 2 is 2.04 bits per heavy atom. The second-order valence-corrected chi connectivity index (χ2v) is 6.06. The van der Waals surface area contributed by atoms with E-state index in [1.165, 1.54) is 0 Å². The van der Waals surface area contributed by atoms with E-state index in [1.54, 1.807) is 18.7 Å². The number of para-hydroxylation sites is 1. The molecule has 3 unspecified atom stereocenters. The summed E-state index contributed by atoms with van der Waals surface area (Å²) in [6.45, 7) is 5.07. The minimum Gasteiger partial charge on any atom is -0.492 e. The second-order valence-electron chi connectivity index (χ2n) is 6.06. The van der Waals surface area contributed by atoms with Crippen molar-refractivity contribution in [2.75, 3.05) is 19.7 Å². The fourth-order valence-corrected chi connectivity index (χ4v) is 2.45. The summed E-state index contributed by atoms with van der Waals surface area (Å²) in [7, 11) is 0. The highest BCUT2D eigenvalue weighted by atomic mass is 35.5. The van der Waals surface area contributed by atoms with Gasteiger partial charge in [0.25, 0.3) is 0 Å². The van der Waals surface area contributed by atoms with Crippen molar-refractivity contribution in [3.05, 3.63) is 30.3 Å². The van der Waals surface area contributed by atoms with Gasteiger partial charge >= 0.3 is 0 Å². The summed E-state index contributed by atoms with van der Waals surface area (Å²) in [5.74, 6) is 0.468. The molecule has 1 heterocycles. The maximum absolute atomic E-state index is 12.0. The van der Waals surface area contributed by atoms with Gasteiger partial charge in [-0.2, -0.15) is 0 Å². The average Bonchev–Trinajstić information content (AvgIpc) is 2.87. The lowest BCUT2D eigenvalue weighted by atomic mass is 10.0. The molecule has 24 heavy (non-hydrogen) atoms. The zero-order valence-corrected chi connectivity index (χ0v) is 14.9. The van der Waals surface area contributed by atoms with E-state index in [0.29, 0.717) is 26.1 Å². The highest BCUT2D eigenvalue weighted by Crippen LogP contribution is 2.13. The van der Waals surface area contributed by atoms with Gasteiger partial charge in [0, 0.05) is 24.9 Å². The zero-order valence-electron chi connectivity index (χ0n) is 14.1. The first-order chi connectivity index (χ1) is 11.0. The van der Waals surface area contributed by atoms with Crippen molar-refractivity contribution in [2.45, 2.75) is 32.4 Å². The molecule has 6 nitrogen and oxygen atoms in total. The van der Waals surface area contributed by atoms with Crippen molar-refractivity contribution >= 4 is 24.2 Å². The summed E-state index contributed by atoms with van der Waals surface area (Å²) in [5, 5.41) is 2.91. The molecule has 1 aromatic rings. The number of halogens is 1. The van der Waals surface area contributed by atoms with Gasteiger partial charge in [0.15, 0.2) is 0 Å². The van der Waals surface area contributed by atoms with E-state index in [4.69, 9.17) is 10.5 Å². The van der Waals surface area contributed by atoms with Crippen LogP contribution in [0.2, 0.25) is 0 Å². The molecular formula is C17H26ClN3O3. The Bertz CT molecular complexity index is 539. The lowest BCUT2D eigenvalue weighted by Gasteiger charge is -2.20. The Morgan fingerprint density at radius 3 is 2.67 bits per heavy atom. The van der Waals surface area contributed by atoms with Crippen LogP contribution in [0.15, 0.2) is 30.3 Å². The second kappa shape index (κ2) is 9.49. The van der Waals surface area contributed by atoms with Crippen LogP contribution in [-0.4, -0.2) is 48.5 Å². The zero-order chi connectivity index (χ0) is 16.8. The quantitative estimate of drug-likeness (QED) is 0.769. The van der Waals surface area contributed by atoms with Crippen molar-refractivity contribution < 1.29 is 14.3 Å². The maximum atomic E-state index is 12.0. The third kappa shape index (κ3) is 5.69. The van der Waals surface area contributed by atoms with E-state index in [1.807, 2.05) is 30.3 Å². The predicted molar refractivity (Wildman–Crippen MR) is 95.1 cm³/mol. The first-order valence-corrected chi connectivity index (χ1v) is 7.99. The molecule has 7 heteroatoms. The molecule has 2 amide bonds. The molecule has 3 N–H and O–H groups in total. The Balaban J connectivity index is 0.00000288. The number of hydrogen-bond acceptors (Lipinski definition) is 4. The largest absolute Gasteiger partial charge is 0.492 e. The van der Waals surface area contributed by atoms with Gasteiger partial charge in [-0.1, -0.05) is 25.1 Å². The summed E-state index contributed by atoms with van der Waals surface area (Å²) in [6, 6.07) is 9.14. The number of carbonyl (C=O) groups excluding carboxylic acids is 2. The summed E-state index contributed by atoms with van der Waals surface area (Å²) in [5.41, 5.74) is 5.73. The van der Waals surface area contributed by atoms with Gasteiger partial charge in [0.1, 0.15) is 12.4 Å². The molecule has 0 aliphatic carbocycles. The maximum Gasteiger partial charge on any atom is 0.224 e. The smallest absolute Gasteiger partial charge is 0.224 e. The number of benzene rings is 1. The van der Waals surface area contributed by atoms with Gasteiger partial charge in [-0.05, 0) is 19.1 Å². The van der Waals surface area contributed by atoms with Crippen LogP contribution in [-0.2, 0) is 9.59 Å². The Morgan fingerprint density at radius 1 is 1.38 bits per heavy atom. The molecule has 0 spiro atoms. The number of ether oxygens (including phenoxy) is 1. The third-order valence-corrected chi connectivity index (χ3v) is 4.14. The molecule has 1 aliphatic rings. The molecule has 1 aliphatic heterocycles.